The average Bonchev–Trinajstić information content (AvgIpc) is 2.63. The minimum absolute atomic E-state index is 0.278. The number of sulfonamides is 1. The molecule has 2 rings (SSSR count). The third-order valence-corrected chi connectivity index (χ3v) is 5.48. The van der Waals surface area contributed by atoms with E-state index >= 15 is 0 Å². The molecule has 0 saturated heterocycles. The van der Waals surface area contributed by atoms with Crippen molar-refractivity contribution in [3.8, 4) is 0 Å². The van der Waals surface area contributed by atoms with Crippen LogP contribution in [0.5, 0.6) is 0 Å². The second kappa shape index (κ2) is 8.90. The number of nitrogens with one attached hydrogen (secondary N) is 1. The number of carbonyl (C=O) groups is 1. The van der Waals surface area contributed by atoms with Crippen molar-refractivity contribution < 1.29 is 13.2 Å². The first kappa shape index (κ1) is 20.8. The van der Waals surface area contributed by atoms with Gasteiger partial charge in [0.25, 0.3) is 0 Å². The summed E-state index contributed by atoms with van der Waals surface area (Å²) in [7, 11) is -3.57. The van der Waals surface area contributed by atoms with Crippen LogP contribution in [0.2, 0.25) is 0 Å². The topological polar surface area (TPSA) is 69.7 Å². The summed E-state index contributed by atoms with van der Waals surface area (Å²) in [6.07, 6.45) is 1.09. The number of para-hydroxylation sites is 1. The van der Waals surface area contributed by atoms with Crippen LogP contribution in [0.25, 0.3) is 0 Å². The van der Waals surface area contributed by atoms with E-state index in [4.69, 9.17) is 0 Å². The second-order valence-electron chi connectivity index (χ2n) is 6.32. The summed E-state index contributed by atoms with van der Waals surface area (Å²) in [5, 5.41) is 2.82. The Labute approximate surface area is 161 Å². The molecule has 0 spiro atoms. The summed E-state index contributed by atoms with van der Waals surface area (Å²) in [5.41, 5.74) is 3.16. The number of rotatable bonds is 8. The van der Waals surface area contributed by atoms with E-state index in [2.05, 4.69) is 24.1 Å². The van der Waals surface area contributed by atoms with Crippen molar-refractivity contribution in [1.29, 1.82) is 0 Å². The maximum Gasteiger partial charge on any atom is 0.245 e. The van der Waals surface area contributed by atoms with Crippen LogP contribution < -0.4 is 14.5 Å². The molecule has 0 fully saturated rings. The van der Waals surface area contributed by atoms with Crippen molar-refractivity contribution in [2.75, 3.05) is 40.4 Å². The molecular weight excluding hydrogens is 362 g/mol. The van der Waals surface area contributed by atoms with E-state index in [1.807, 2.05) is 25.1 Å². The van der Waals surface area contributed by atoms with Crippen LogP contribution in [0, 0.1) is 6.92 Å². The van der Waals surface area contributed by atoms with Gasteiger partial charge in [0.15, 0.2) is 0 Å². The first-order chi connectivity index (χ1) is 12.8. The number of hydrogen-bond acceptors (Lipinski definition) is 4. The molecule has 0 aliphatic carbocycles. The van der Waals surface area contributed by atoms with E-state index in [-0.39, 0.29) is 12.5 Å². The standard InChI is InChI=1S/C20H27N3O3S/c1-5-22(6-2)18-12-13-19(16(3)14-18)21-20(24)15-23(27(4,25)26)17-10-8-7-9-11-17/h7-14H,5-6,15H2,1-4H3,(H,21,24). The van der Waals surface area contributed by atoms with Crippen LogP contribution in [0.1, 0.15) is 19.4 Å². The number of benzene rings is 2. The van der Waals surface area contributed by atoms with Gasteiger partial charge in [-0.1, -0.05) is 18.2 Å². The van der Waals surface area contributed by atoms with E-state index in [9.17, 15) is 13.2 Å². The van der Waals surface area contributed by atoms with Gasteiger partial charge in [0.2, 0.25) is 15.9 Å². The molecule has 0 aliphatic rings. The number of amides is 1. The van der Waals surface area contributed by atoms with E-state index in [1.165, 1.54) is 0 Å². The van der Waals surface area contributed by atoms with E-state index < -0.39 is 10.0 Å². The molecule has 146 valence electrons. The monoisotopic (exact) mass is 389 g/mol. The van der Waals surface area contributed by atoms with Gasteiger partial charge in [-0.05, 0) is 56.7 Å². The zero-order valence-corrected chi connectivity index (χ0v) is 17.1. The van der Waals surface area contributed by atoms with Crippen LogP contribution >= 0.6 is 0 Å². The molecule has 7 heteroatoms. The Balaban J connectivity index is 2.16. The fourth-order valence-electron chi connectivity index (χ4n) is 2.89. The van der Waals surface area contributed by atoms with Crippen molar-refractivity contribution in [2.24, 2.45) is 0 Å². The van der Waals surface area contributed by atoms with E-state index in [0.29, 0.717) is 11.4 Å². The Morgan fingerprint density at radius 1 is 1.00 bits per heavy atom. The zero-order chi connectivity index (χ0) is 20.0. The molecule has 1 amide bonds. The zero-order valence-electron chi connectivity index (χ0n) is 16.3. The van der Waals surface area contributed by atoms with Gasteiger partial charge < -0.3 is 10.2 Å². The summed E-state index contributed by atoms with van der Waals surface area (Å²) in [5.74, 6) is -0.386. The summed E-state index contributed by atoms with van der Waals surface area (Å²) in [4.78, 5) is 14.7. The maximum atomic E-state index is 12.5. The number of nitrogens with zero attached hydrogens (tertiary/aromatic N) is 2. The van der Waals surface area contributed by atoms with Crippen molar-refractivity contribution in [1.82, 2.24) is 0 Å². The lowest BCUT2D eigenvalue weighted by Crippen LogP contribution is -2.37. The van der Waals surface area contributed by atoms with Crippen molar-refractivity contribution >= 4 is 33.0 Å². The van der Waals surface area contributed by atoms with Gasteiger partial charge in [-0.25, -0.2) is 8.42 Å². The van der Waals surface area contributed by atoms with Gasteiger partial charge in [0.05, 0.1) is 11.9 Å². The number of hydrogen-bond donors (Lipinski definition) is 1. The minimum Gasteiger partial charge on any atom is -0.372 e. The van der Waals surface area contributed by atoms with Crippen molar-refractivity contribution in [2.45, 2.75) is 20.8 Å². The molecule has 0 unspecified atom stereocenters. The molecule has 27 heavy (non-hydrogen) atoms. The second-order valence-corrected chi connectivity index (χ2v) is 8.23. The summed E-state index contributed by atoms with van der Waals surface area (Å²) >= 11 is 0. The van der Waals surface area contributed by atoms with Crippen molar-refractivity contribution in [3.63, 3.8) is 0 Å². The van der Waals surface area contributed by atoms with Gasteiger partial charge >= 0.3 is 0 Å². The highest BCUT2D eigenvalue weighted by atomic mass is 32.2. The normalized spacial score (nSPS) is 11.1. The number of aryl methyl sites for hydroxylation is 1. The molecular formula is C20H27N3O3S. The largest absolute Gasteiger partial charge is 0.372 e. The predicted molar refractivity (Wildman–Crippen MR) is 112 cm³/mol. The minimum atomic E-state index is -3.57. The fraction of sp³-hybridized carbons (Fsp3) is 0.350. The van der Waals surface area contributed by atoms with E-state index in [1.54, 1.807) is 30.3 Å². The molecule has 0 saturated carbocycles. The van der Waals surface area contributed by atoms with E-state index in [0.717, 1.165) is 34.9 Å². The van der Waals surface area contributed by atoms with Gasteiger partial charge in [0, 0.05) is 24.5 Å². The molecule has 0 aromatic heterocycles. The highest BCUT2D eigenvalue weighted by molar-refractivity contribution is 7.92. The molecule has 2 aromatic rings. The lowest BCUT2D eigenvalue weighted by molar-refractivity contribution is -0.114. The molecule has 1 N–H and O–H groups in total. The number of carbonyl (C=O) groups excluding carboxylic acids is 1. The van der Waals surface area contributed by atoms with Crippen LogP contribution in [0.3, 0.4) is 0 Å². The van der Waals surface area contributed by atoms with Gasteiger partial charge in [-0.15, -0.1) is 0 Å². The summed E-state index contributed by atoms with van der Waals surface area (Å²) < 4.78 is 25.3. The highest BCUT2D eigenvalue weighted by Gasteiger charge is 2.21. The maximum absolute atomic E-state index is 12.5. The van der Waals surface area contributed by atoms with Crippen LogP contribution in [-0.2, 0) is 14.8 Å². The van der Waals surface area contributed by atoms with Gasteiger partial charge in [-0.3, -0.25) is 9.10 Å². The Morgan fingerprint density at radius 2 is 1.63 bits per heavy atom. The Kier molecular flexibility index (Phi) is 6.85. The third-order valence-electron chi connectivity index (χ3n) is 4.34. The molecule has 0 atom stereocenters. The highest BCUT2D eigenvalue weighted by Crippen LogP contribution is 2.23. The van der Waals surface area contributed by atoms with Crippen LogP contribution in [-0.4, -0.2) is 40.2 Å². The molecule has 0 bridgehead atoms. The smallest absolute Gasteiger partial charge is 0.245 e. The lowest BCUT2D eigenvalue weighted by atomic mass is 10.1. The lowest BCUT2D eigenvalue weighted by Gasteiger charge is -2.23. The van der Waals surface area contributed by atoms with Crippen LogP contribution in [0.15, 0.2) is 48.5 Å². The molecule has 2 aromatic carbocycles. The van der Waals surface area contributed by atoms with Gasteiger partial charge in [0.1, 0.15) is 6.54 Å². The third kappa shape index (κ3) is 5.47. The molecule has 0 heterocycles. The van der Waals surface area contributed by atoms with Crippen molar-refractivity contribution in [3.05, 3.63) is 54.1 Å². The average molecular weight is 390 g/mol. The van der Waals surface area contributed by atoms with Gasteiger partial charge in [-0.2, -0.15) is 0 Å². The fourth-order valence-corrected chi connectivity index (χ4v) is 3.74. The predicted octanol–water partition coefficient (Wildman–Crippen LogP) is 3.25. The quantitative estimate of drug-likeness (QED) is 0.752. The SMILES string of the molecule is CCN(CC)c1ccc(NC(=O)CN(c2ccccc2)S(C)(=O)=O)c(C)c1. The summed E-state index contributed by atoms with van der Waals surface area (Å²) in [6, 6.07) is 14.4. The summed E-state index contributed by atoms with van der Waals surface area (Å²) in [6.45, 7) is 7.65. The Hall–Kier alpha value is -2.54. The number of anilines is 3. The Morgan fingerprint density at radius 3 is 2.15 bits per heavy atom. The molecule has 6 nitrogen and oxygen atoms in total. The molecule has 0 radical (unpaired) electrons. The first-order valence-corrected chi connectivity index (χ1v) is 10.8. The van der Waals surface area contributed by atoms with Crippen LogP contribution in [0.4, 0.5) is 17.1 Å². The molecule has 0 aliphatic heterocycles. The first-order valence-electron chi connectivity index (χ1n) is 8.94. The Bertz CT molecular complexity index is 879.